The molecule has 14 heteroatoms. The van der Waals surface area contributed by atoms with Crippen LogP contribution < -0.4 is 18.9 Å². The molecule has 0 fully saturated rings. The van der Waals surface area contributed by atoms with Gasteiger partial charge in [0.15, 0.2) is 0 Å². The summed E-state index contributed by atoms with van der Waals surface area (Å²) >= 11 is 0. The molecule has 336 valence electrons. The van der Waals surface area contributed by atoms with Crippen LogP contribution in [-0.2, 0) is 0 Å². The Morgan fingerprint density at radius 2 is 0.559 bits per heavy atom. The van der Waals surface area contributed by atoms with E-state index in [1.54, 1.807) is 72.8 Å². The number of nitrogens with zero attached hydrogens (tertiary/aromatic N) is 2. The van der Waals surface area contributed by atoms with E-state index in [2.05, 4.69) is 0 Å². The molecule has 9 aromatic carbocycles. The first-order chi connectivity index (χ1) is 32.9. The van der Waals surface area contributed by atoms with E-state index in [0.717, 1.165) is 0 Å². The predicted octanol–water partition coefficient (Wildman–Crippen LogP) is 11.7. The lowest BCUT2D eigenvalue weighted by molar-refractivity contribution is 0.0595. The molecule has 0 unspecified atom stereocenters. The third-order valence-corrected chi connectivity index (χ3v) is 12.2. The Balaban J connectivity index is 1.40. The maximum absolute atomic E-state index is 14.8. The Bertz CT molecular complexity index is 3130. The Kier molecular flexibility index (Phi) is 9.70. The van der Waals surface area contributed by atoms with Gasteiger partial charge < -0.3 is 39.4 Å². The van der Waals surface area contributed by atoms with Crippen molar-refractivity contribution in [1.29, 1.82) is 0 Å². The number of fused-ring (bicyclic) bond motifs is 2. The minimum Gasteiger partial charge on any atom is -0.508 e. The zero-order valence-corrected chi connectivity index (χ0v) is 36.3. The molecular formula is C54H38N2O12. The Labute approximate surface area is 386 Å². The van der Waals surface area contributed by atoms with E-state index in [9.17, 15) is 39.6 Å². The van der Waals surface area contributed by atoms with Gasteiger partial charge in [0.05, 0.1) is 22.3 Å². The molecule has 0 radical (unpaired) electrons. The van der Waals surface area contributed by atoms with E-state index in [-0.39, 0.29) is 115 Å². The fourth-order valence-corrected chi connectivity index (χ4v) is 9.35. The van der Waals surface area contributed by atoms with Gasteiger partial charge >= 0.3 is 0 Å². The number of aromatic hydroxyl groups is 4. The third-order valence-electron chi connectivity index (χ3n) is 12.2. The fraction of sp³-hybridized carbons (Fsp3) is 0.111. The second-order valence-electron chi connectivity index (χ2n) is 16.6. The van der Waals surface area contributed by atoms with Gasteiger partial charge in [0.1, 0.15) is 69.0 Å². The second kappa shape index (κ2) is 15.8. The lowest BCUT2D eigenvalue weighted by atomic mass is 9.80. The SMILES string of the molecule is CCCN1C(=O)c2cc(Oc3ccc(O)cc3)c3c4c(Oc5ccc(O)cc5)cc5c6c(cc(Oc7ccc(O)cc7)c(c7c(Oc8ccc(O)cc8)cc(c2c37)C1=O)c64)C(=O)N(CCC)C5=O. The van der Waals surface area contributed by atoms with Crippen molar-refractivity contribution in [2.75, 3.05) is 13.1 Å². The molecule has 0 atom stereocenters. The van der Waals surface area contributed by atoms with Crippen LogP contribution in [0.3, 0.4) is 0 Å². The van der Waals surface area contributed by atoms with Crippen LogP contribution in [0.2, 0.25) is 0 Å². The minimum atomic E-state index is -0.575. The van der Waals surface area contributed by atoms with Gasteiger partial charge in [0.2, 0.25) is 0 Å². The maximum Gasteiger partial charge on any atom is 0.261 e. The van der Waals surface area contributed by atoms with E-state index >= 15 is 0 Å². The molecule has 14 nitrogen and oxygen atoms in total. The van der Waals surface area contributed by atoms with Crippen molar-refractivity contribution in [2.45, 2.75) is 26.7 Å². The van der Waals surface area contributed by atoms with Crippen LogP contribution in [0.5, 0.6) is 69.0 Å². The largest absolute Gasteiger partial charge is 0.508 e. The van der Waals surface area contributed by atoms with Crippen LogP contribution >= 0.6 is 0 Å². The third kappa shape index (κ3) is 6.55. The van der Waals surface area contributed by atoms with Gasteiger partial charge in [-0.15, -0.1) is 0 Å². The topological polar surface area (TPSA) is 193 Å². The second-order valence-corrected chi connectivity index (χ2v) is 16.6. The van der Waals surface area contributed by atoms with Crippen LogP contribution in [0, 0.1) is 0 Å². The number of amides is 4. The van der Waals surface area contributed by atoms with Crippen LogP contribution in [0.15, 0.2) is 121 Å². The summed E-state index contributed by atoms with van der Waals surface area (Å²) < 4.78 is 27.1. The first-order valence-electron chi connectivity index (χ1n) is 21.9. The number of rotatable bonds is 12. The van der Waals surface area contributed by atoms with Crippen molar-refractivity contribution < 1.29 is 58.6 Å². The van der Waals surface area contributed by atoms with Gasteiger partial charge in [-0.3, -0.25) is 29.0 Å². The highest BCUT2D eigenvalue weighted by Gasteiger charge is 2.41. The number of hydrogen-bond acceptors (Lipinski definition) is 12. The minimum absolute atomic E-state index is 0.0236. The van der Waals surface area contributed by atoms with Crippen LogP contribution in [0.1, 0.15) is 68.1 Å². The molecule has 0 bridgehead atoms. The first kappa shape index (κ1) is 41.7. The average molecular weight is 907 g/mol. The zero-order chi connectivity index (χ0) is 47.1. The van der Waals surface area contributed by atoms with Gasteiger partial charge in [-0.1, -0.05) is 13.8 Å². The number of carbonyl (C=O) groups is 4. The van der Waals surface area contributed by atoms with Gasteiger partial charge in [-0.05, 0) is 134 Å². The molecule has 4 N–H and O–H groups in total. The summed E-state index contributed by atoms with van der Waals surface area (Å²) in [5.41, 5.74) is 0.536. The van der Waals surface area contributed by atoms with E-state index in [0.29, 0.717) is 45.2 Å². The summed E-state index contributed by atoms with van der Waals surface area (Å²) in [7, 11) is 0. The highest BCUT2D eigenvalue weighted by atomic mass is 16.5. The highest BCUT2D eigenvalue weighted by Crippen LogP contribution is 2.58. The Hall–Kier alpha value is -9.04. The van der Waals surface area contributed by atoms with Gasteiger partial charge in [-0.2, -0.15) is 0 Å². The Morgan fingerprint density at radius 3 is 0.765 bits per heavy atom. The summed E-state index contributed by atoms with van der Waals surface area (Å²) in [5, 5.41) is 43.5. The maximum atomic E-state index is 14.8. The number of imide groups is 2. The number of phenolic OH excluding ortho intramolecular Hbond substituents is 4. The summed E-state index contributed by atoms with van der Waals surface area (Å²) in [5.74, 6) is -0.911. The molecule has 0 saturated carbocycles. The van der Waals surface area contributed by atoms with Crippen LogP contribution in [-0.4, -0.2) is 66.9 Å². The fourth-order valence-electron chi connectivity index (χ4n) is 9.35. The first-order valence-corrected chi connectivity index (χ1v) is 21.9. The summed E-state index contributed by atoms with van der Waals surface area (Å²) in [6, 6.07) is 30.2. The quantitative estimate of drug-likeness (QED) is 0.0516. The number of ether oxygens (including phenoxy) is 4. The summed E-state index contributed by atoms with van der Waals surface area (Å²) in [6.45, 7) is 3.91. The molecule has 2 aliphatic rings. The smallest absolute Gasteiger partial charge is 0.261 e. The summed E-state index contributed by atoms with van der Waals surface area (Å²) in [4.78, 5) is 61.5. The van der Waals surface area contributed by atoms with E-state index < -0.39 is 23.6 Å². The predicted molar refractivity (Wildman–Crippen MR) is 252 cm³/mol. The van der Waals surface area contributed by atoms with Gasteiger partial charge in [0.25, 0.3) is 23.6 Å². The lowest BCUT2D eigenvalue weighted by Crippen LogP contribution is -2.41. The van der Waals surface area contributed by atoms with Crippen molar-refractivity contribution in [3.8, 4) is 69.0 Å². The molecule has 0 spiro atoms. The zero-order valence-electron chi connectivity index (χ0n) is 36.3. The van der Waals surface area contributed by atoms with Crippen molar-refractivity contribution in [1.82, 2.24) is 9.80 Å². The molecule has 11 rings (SSSR count). The van der Waals surface area contributed by atoms with Gasteiger partial charge in [0, 0.05) is 56.2 Å². The van der Waals surface area contributed by atoms with Crippen molar-refractivity contribution in [3.05, 3.63) is 144 Å². The molecule has 2 aliphatic heterocycles. The van der Waals surface area contributed by atoms with E-state index in [4.69, 9.17) is 18.9 Å². The number of phenols is 4. The van der Waals surface area contributed by atoms with E-state index in [1.165, 1.54) is 58.3 Å². The van der Waals surface area contributed by atoms with Crippen molar-refractivity contribution >= 4 is 66.7 Å². The van der Waals surface area contributed by atoms with Crippen LogP contribution in [0.25, 0.3) is 43.1 Å². The lowest BCUT2D eigenvalue weighted by Gasteiger charge is -2.32. The molecule has 0 aromatic heterocycles. The van der Waals surface area contributed by atoms with E-state index in [1.807, 2.05) is 13.8 Å². The van der Waals surface area contributed by atoms with Crippen molar-refractivity contribution in [3.63, 3.8) is 0 Å². The molecule has 0 saturated heterocycles. The molecule has 9 aromatic rings. The molecule has 2 heterocycles. The molecular weight excluding hydrogens is 869 g/mol. The number of benzene rings is 9. The normalized spacial score (nSPS) is 13.4. The van der Waals surface area contributed by atoms with Gasteiger partial charge in [-0.25, -0.2) is 0 Å². The molecule has 68 heavy (non-hydrogen) atoms. The summed E-state index contributed by atoms with van der Waals surface area (Å²) in [6.07, 6.45) is 0.922. The molecule has 4 amide bonds. The average Bonchev–Trinajstić information content (AvgIpc) is 3.33. The molecule has 0 aliphatic carbocycles. The Morgan fingerprint density at radius 1 is 0.338 bits per heavy atom. The number of carbonyl (C=O) groups excluding carboxylic acids is 4. The van der Waals surface area contributed by atoms with Crippen molar-refractivity contribution in [2.24, 2.45) is 0 Å². The van der Waals surface area contributed by atoms with Crippen LogP contribution in [0.4, 0.5) is 0 Å². The monoisotopic (exact) mass is 906 g/mol. The number of hydrogen-bond donors (Lipinski definition) is 4. The standard InChI is InChI=1S/C54H38N2O12/c1-3-21-55-51(61)35-23-39(65-31-13-5-27(57)6-14-31)45-47-41(67-33-17-9-29(59)10-18-33)25-37-44-38(54(64)56(22-4-2)53(37)63)26-42(68-34-19-11-30(60)12-20-34)48(50(44)47)46-40(66-32-15-7-28(58)8-16-32)24-36(52(55)62)43(35)49(45)46/h5-20,23-26,57-60H,3-4,21-22H2,1-2H3. The highest BCUT2D eigenvalue weighted by molar-refractivity contribution is 6.44.